The van der Waals surface area contributed by atoms with Crippen molar-refractivity contribution in [2.75, 3.05) is 13.6 Å². The fourth-order valence-corrected chi connectivity index (χ4v) is 4.08. The number of amides is 2. The van der Waals surface area contributed by atoms with Gasteiger partial charge in [0.05, 0.1) is 24.1 Å². The molecular weight excluding hydrogens is 434 g/mol. The van der Waals surface area contributed by atoms with Gasteiger partial charge in [0.15, 0.2) is 0 Å². The smallest absolute Gasteiger partial charge is 0.410 e. The minimum absolute atomic E-state index is 0.196. The molecule has 4 rings (SSSR count). The van der Waals surface area contributed by atoms with E-state index in [1.807, 2.05) is 20.8 Å². The van der Waals surface area contributed by atoms with Crippen molar-refractivity contribution < 1.29 is 14.3 Å². The van der Waals surface area contributed by atoms with E-state index in [-0.39, 0.29) is 24.4 Å². The monoisotopic (exact) mass is 461 g/mol. The highest BCUT2D eigenvalue weighted by Crippen LogP contribution is 2.24. The summed E-state index contributed by atoms with van der Waals surface area (Å²) in [5, 5.41) is 7.11. The van der Waals surface area contributed by atoms with Crippen LogP contribution in [0.4, 0.5) is 4.79 Å². The highest BCUT2D eigenvalue weighted by atomic mass is 16.6. The van der Waals surface area contributed by atoms with E-state index in [2.05, 4.69) is 16.3 Å². The lowest BCUT2D eigenvalue weighted by molar-refractivity contribution is 0.0218. The second kappa shape index (κ2) is 8.71. The van der Waals surface area contributed by atoms with Gasteiger partial charge in [-0.2, -0.15) is 5.10 Å². The number of hydrogen-bond donors (Lipinski definition) is 1. The normalized spacial score (nSPS) is 13.3. The van der Waals surface area contributed by atoms with Gasteiger partial charge in [0.2, 0.25) is 0 Å². The van der Waals surface area contributed by atoms with E-state index < -0.39 is 11.7 Å². The van der Waals surface area contributed by atoms with Gasteiger partial charge in [0.25, 0.3) is 11.5 Å². The van der Waals surface area contributed by atoms with Crippen LogP contribution in [0.3, 0.4) is 0 Å². The zero-order chi connectivity index (χ0) is 24.6. The summed E-state index contributed by atoms with van der Waals surface area (Å²) >= 11 is 0. The van der Waals surface area contributed by atoms with Crippen LogP contribution in [0.15, 0.2) is 35.3 Å². The molecule has 34 heavy (non-hydrogen) atoms. The molecule has 1 N–H and O–H groups in total. The van der Waals surface area contributed by atoms with E-state index in [9.17, 15) is 14.4 Å². The second-order valence-electron chi connectivity index (χ2n) is 9.13. The summed E-state index contributed by atoms with van der Waals surface area (Å²) in [5.41, 5.74) is 2.74. The number of carbonyl (C=O) groups excluding carboxylic acids is 2. The van der Waals surface area contributed by atoms with Crippen LogP contribution in [0.25, 0.3) is 11.3 Å². The van der Waals surface area contributed by atoms with Crippen LogP contribution in [0.5, 0.6) is 0 Å². The quantitative estimate of drug-likeness (QED) is 0.604. The van der Waals surface area contributed by atoms with Gasteiger partial charge in [0, 0.05) is 36.7 Å². The number of nitrogens with one attached hydrogen (secondary N) is 1. The molecule has 3 heterocycles. The highest BCUT2D eigenvalue weighted by Gasteiger charge is 2.30. The molecule has 0 atom stereocenters. The number of rotatable bonds is 3. The van der Waals surface area contributed by atoms with Gasteiger partial charge in [0.1, 0.15) is 11.2 Å². The van der Waals surface area contributed by atoms with Crippen molar-refractivity contribution in [3.05, 3.63) is 63.2 Å². The van der Waals surface area contributed by atoms with E-state index in [0.29, 0.717) is 46.7 Å². The number of aromatic nitrogens is 3. The van der Waals surface area contributed by atoms with Gasteiger partial charge < -0.3 is 15.0 Å². The molecule has 1 aromatic carbocycles. The van der Waals surface area contributed by atoms with Crippen LogP contribution in [0.1, 0.15) is 48.0 Å². The van der Waals surface area contributed by atoms with Crippen LogP contribution < -0.4 is 10.9 Å². The maximum Gasteiger partial charge on any atom is 0.410 e. The molecule has 176 valence electrons. The van der Waals surface area contributed by atoms with Gasteiger partial charge in [-0.05, 0) is 51.5 Å². The molecule has 0 bridgehead atoms. The van der Waals surface area contributed by atoms with Crippen LogP contribution in [-0.4, -0.2) is 50.3 Å². The first-order valence-corrected chi connectivity index (χ1v) is 11.0. The number of fused-ring (bicyclic) bond motifs is 3. The first-order chi connectivity index (χ1) is 16.1. The highest BCUT2D eigenvalue weighted by molar-refractivity contribution is 5.94. The molecule has 0 saturated carbocycles. The number of carbonyl (C=O) groups is 2. The summed E-state index contributed by atoms with van der Waals surface area (Å²) < 4.78 is 8.79. The lowest BCUT2D eigenvalue weighted by Gasteiger charge is -2.31. The van der Waals surface area contributed by atoms with E-state index in [1.165, 1.54) is 0 Å². The third-order valence-corrected chi connectivity index (χ3v) is 5.63. The molecule has 0 spiro atoms. The fraction of sp³-hybridized carbons (Fsp3) is 0.360. The standard InChI is InChI=1S/C25H27N5O4/c1-6-7-17-14-27-30-20-15-28(24(33)34-25(2,3)4)13-12-19(20)23(32)29(22(17)30)18-10-8-16(9-11-18)21(31)26-5/h1,8-11,14H,7,12-13,15H2,2-5H3,(H,26,31). The Morgan fingerprint density at radius 1 is 1.24 bits per heavy atom. The molecule has 0 saturated heterocycles. The van der Waals surface area contributed by atoms with Crippen molar-refractivity contribution >= 4 is 17.6 Å². The van der Waals surface area contributed by atoms with Gasteiger partial charge in [-0.25, -0.2) is 9.31 Å². The zero-order valence-corrected chi connectivity index (χ0v) is 19.7. The number of ether oxygens (including phenoxy) is 1. The Kier molecular flexibility index (Phi) is 5.92. The van der Waals surface area contributed by atoms with E-state index in [1.54, 1.807) is 51.5 Å². The molecule has 9 heteroatoms. The van der Waals surface area contributed by atoms with Gasteiger partial charge >= 0.3 is 6.09 Å². The number of hydrogen-bond acceptors (Lipinski definition) is 5. The fourth-order valence-electron chi connectivity index (χ4n) is 4.08. The first-order valence-electron chi connectivity index (χ1n) is 11.0. The molecular formula is C25H27N5O4. The van der Waals surface area contributed by atoms with Gasteiger partial charge in [-0.15, -0.1) is 12.3 Å². The number of nitrogens with zero attached hydrogens (tertiary/aromatic N) is 4. The summed E-state index contributed by atoms with van der Waals surface area (Å²) in [4.78, 5) is 39.9. The molecule has 1 aliphatic rings. The van der Waals surface area contributed by atoms with Crippen LogP contribution in [-0.2, 0) is 24.1 Å². The number of terminal acetylenes is 1. The van der Waals surface area contributed by atoms with E-state index in [0.717, 1.165) is 0 Å². The third-order valence-electron chi connectivity index (χ3n) is 5.63. The van der Waals surface area contributed by atoms with Crippen molar-refractivity contribution in [1.29, 1.82) is 0 Å². The summed E-state index contributed by atoms with van der Waals surface area (Å²) in [5.74, 6) is 2.40. The zero-order valence-electron chi connectivity index (χ0n) is 19.7. The Bertz CT molecular complexity index is 1370. The van der Waals surface area contributed by atoms with Gasteiger partial charge in [-0.3, -0.25) is 14.2 Å². The molecule has 2 amide bonds. The molecule has 0 fully saturated rings. The van der Waals surface area contributed by atoms with Crippen LogP contribution in [0.2, 0.25) is 0 Å². The Labute approximate surface area is 197 Å². The summed E-state index contributed by atoms with van der Waals surface area (Å²) in [6.45, 7) is 6.00. The van der Waals surface area contributed by atoms with Crippen molar-refractivity contribution in [2.24, 2.45) is 0 Å². The molecule has 0 radical (unpaired) electrons. The molecule has 0 aliphatic carbocycles. The molecule has 9 nitrogen and oxygen atoms in total. The Morgan fingerprint density at radius 2 is 1.94 bits per heavy atom. The van der Waals surface area contributed by atoms with Crippen LogP contribution >= 0.6 is 0 Å². The van der Waals surface area contributed by atoms with Crippen molar-refractivity contribution in [3.8, 4) is 18.0 Å². The maximum absolute atomic E-state index is 13.7. The van der Waals surface area contributed by atoms with Crippen molar-refractivity contribution in [3.63, 3.8) is 0 Å². The predicted molar refractivity (Wildman–Crippen MR) is 127 cm³/mol. The lowest BCUT2D eigenvalue weighted by atomic mass is 10.1. The van der Waals surface area contributed by atoms with E-state index in [4.69, 9.17) is 11.2 Å². The molecule has 1 aliphatic heterocycles. The summed E-state index contributed by atoms with van der Waals surface area (Å²) in [7, 11) is 1.56. The Morgan fingerprint density at radius 3 is 2.56 bits per heavy atom. The minimum atomic E-state index is -0.622. The minimum Gasteiger partial charge on any atom is -0.444 e. The average Bonchev–Trinajstić information content (AvgIpc) is 3.21. The number of benzene rings is 1. The topological polar surface area (TPSA) is 97.9 Å². The Hall–Kier alpha value is -4.06. The SMILES string of the molecule is C#CCc1cnn2c3c(c(=O)n(-c4ccc(C(=O)NC)cc4)c12)CCN(C(=O)OC(C)(C)C)C3. The summed E-state index contributed by atoms with van der Waals surface area (Å²) in [6.07, 6.45) is 7.44. The maximum atomic E-state index is 13.7. The molecule has 0 unspecified atom stereocenters. The molecule has 2 aromatic heterocycles. The van der Waals surface area contributed by atoms with Crippen molar-refractivity contribution in [1.82, 2.24) is 24.4 Å². The predicted octanol–water partition coefficient (Wildman–Crippen LogP) is 2.31. The van der Waals surface area contributed by atoms with Crippen molar-refractivity contribution in [2.45, 2.75) is 45.8 Å². The first kappa shape index (κ1) is 23.1. The largest absolute Gasteiger partial charge is 0.444 e. The average molecular weight is 462 g/mol. The van der Waals surface area contributed by atoms with Gasteiger partial charge in [-0.1, -0.05) is 0 Å². The lowest BCUT2D eigenvalue weighted by Crippen LogP contribution is -2.43. The van der Waals surface area contributed by atoms with Crippen LogP contribution in [0, 0.1) is 12.3 Å². The third kappa shape index (κ3) is 4.15. The Balaban J connectivity index is 1.86. The summed E-state index contributed by atoms with van der Waals surface area (Å²) in [6, 6.07) is 6.78. The second-order valence-corrected chi connectivity index (χ2v) is 9.13. The van der Waals surface area contributed by atoms with E-state index >= 15 is 0 Å². The molecule has 3 aromatic rings.